The quantitative estimate of drug-likeness (QED) is 0.763. The van der Waals surface area contributed by atoms with Crippen LogP contribution in [0.1, 0.15) is 48.5 Å². The summed E-state index contributed by atoms with van der Waals surface area (Å²) >= 11 is 0. The summed E-state index contributed by atoms with van der Waals surface area (Å²) in [5.74, 6) is 2.93. The van der Waals surface area contributed by atoms with Crippen LogP contribution < -0.4 is 4.90 Å². The fourth-order valence-corrected chi connectivity index (χ4v) is 4.35. The minimum absolute atomic E-state index is 0.541. The van der Waals surface area contributed by atoms with Crippen molar-refractivity contribution >= 4 is 5.82 Å². The van der Waals surface area contributed by atoms with Gasteiger partial charge in [0.25, 0.3) is 5.89 Å². The molecule has 1 fully saturated rings. The van der Waals surface area contributed by atoms with Gasteiger partial charge in [-0.05, 0) is 31.4 Å². The second kappa shape index (κ2) is 6.79. The molecular weight excluding hydrogens is 340 g/mol. The number of H-pyrrole nitrogens is 1. The summed E-state index contributed by atoms with van der Waals surface area (Å²) in [5.41, 5.74) is 4.83. The van der Waals surface area contributed by atoms with E-state index in [0.717, 1.165) is 43.2 Å². The molecule has 0 amide bonds. The van der Waals surface area contributed by atoms with Crippen molar-refractivity contribution in [2.24, 2.45) is 5.92 Å². The first-order valence-electron chi connectivity index (χ1n) is 9.83. The van der Waals surface area contributed by atoms with Gasteiger partial charge in [0.15, 0.2) is 5.82 Å². The van der Waals surface area contributed by atoms with Gasteiger partial charge in [0.1, 0.15) is 5.82 Å². The van der Waals surface area contributed by atoms with Crippen LogP contribution in [0.4, 0.5) is 5.82 Å². The number of fused-ring (bicyclic) bond motifs is 1. The van der Waals surface area contributed by atoms with Gasteiger partial charge >= 0.3 is 0 Å². The zero-order valence-electron chi connectivity index (χ0n) is 15.6. The Morgan fingerprint density at radius 2 is 2.19 bits per heavy atom. The monoisotopic (exact) mass is 364 g/mol. The Balaban J connectivity index is 1.38. The van der Waals surface area contributed by atoms with Gasteiger partial charge in [-0.3, -0.25) is 5.10 Å². The molecule has 0 atom stereocenters. The summed E-state index contributed by atoms with van der Waals surface area (Å²) in [6.07, 6.45) is 9.32. The Hall–Kier alpha value is -2.70. The Bertz CT molecular complexity index is 940. The van der Waals surface area contributed by atoms with Gasteiger partial charge in [-0.2, -0.15) is 10.1 Å². The van der Waals surface area contributed by atoms with Crippen molar-refractivity contribution in [2.45, 2.75) is 52.0 Å². The van der Waals surface area contributed by atoms with Gasteiger partial charge in [-0.15, -0.1) is 0 Å². The van der Waals surface area contributed by atoms with Gasteiger partial charge in [-0.25, -0.2) is 4.98 Å². The molecule has 27 heavy (non-hydrogen) atoms. The first-order valence-corrected chi connectivity index (χ1v) is 9.83. The van der Waals surface area contributed by atoms with E-state index >= 15 is 0 Å². The van der Waals surface area contributed by atoms with E-state index in [4.69, 9.17) is 4.52 Å². The standard InChI is InChI=1S/C20H24N6O/c1-13-22-20(27-25-13)15-6-8-21-19(11-15)26-9-7-17-16(12-26)18(24-23-17)10-14-4-2-3-5-14/h6,8,11,14H,2-5,7,9-10,12H2,1H3,(H,23,24). The summed E-state index contributed by atoms with van der Waals surface area (Å²) in [7, 11) is 0. The highest BCUT2D eigenvalue weighted by atomic mass is 16.5. The van der Waals surface area contributed by atoms with Gasteiger partial charge in [-0.1, -0.05) is 30.8 Å². The van der Waals surface area contributed by atoms with Crippen molar-refractivity contribution < 1.29 is 4.52 Å². The molecule has 1 saturated carbocycles. The summed E-state index contributed by atoms with van der Waals surface area (Å²) in [6, 6.07) is 3.95. The zero-order valence-corrected chi connectivity index (χ0v) is 15.6. The maximum atomic E-state index is 5.31. The molecule has 0 bridgehead atoms. The lowest BCUT2D eigenvalue weighted by molar-refractivity contribution is 0.425. The number of nitrogens with zero attached hydrogens (tertiary/aromatic N) is 5. The van der Waals surface area contributed by atoms with Crippen LogP contribution in [-0.2, 0) is 19.4 Å². The third-order valence-electron chi connectivity index (χ3n) is 5.82. The number of rotatable bonds is 4. The Morgan fingerprint density at radius 3 is 3.00 bits per heavy atom. The zero-order chi connectivity index (χ0) is 18.2. The summed E-state index contributed by atoms with van der Waals surface area (Å²) in [5, 5.41) is 11.8. The van der Waals surface area contributed by atoms with E-state index < -0.39 is 0 Å². The SMILES string of the molecule is Cc1noc(-c2ccnc(N3CCc4[nH]nc(CC5CCCC5)c4C3)c2)n1. The second-order valence-corrected chi connectivity index (χ2v) is 7.70. The number of anilines is 1. The highest BCUT2D eigenvalue weighted by Crippen LogP contribution is 2.31. The van der Waals surface area contributed by atoms with E-state index in [1.165, 1.54) is 42.6 Å². The van der Waals surface area contributed by atoms with Crippen LogP contribution in [0.25, 0.3) is 11.5 Å². The van der Waals surface area contributed by atoms with Gasteiger partial charge < -0.3 is 9.42 Å². The van der Waals surface area contributed by atoms with Crippen LogP contribution >= 0.6 is 0 Å². The number of aromatic nitrogens is 5. The topological polar surface area (TPSA) is 83.7 Å². The smallest absolute Gasteiger partial charge is 0.258 e. The number of aryl methyl sites for hydroxylation is 1. The van der Waals surface area contributed by atoms with Crippen LogP contribution in [0.5, 0.6) is 0 Å². The summed E-state index contributed by atoms with van der Waals surface area (Å²) in [6.45, 7) is 3.61. The highest BCUT2D eigenvalue weighted by molar-refractivity contribution is 5.59. The fraction of sp³-hybridized carbons (Fsp3) is 0.500. The van der Waals surface area contributed by atoms with E-state index in [1.54, 1.807) is 0 Å². The second-order valence-electron chi connectivity index (χ2n) is 7.70. The number of aromatic amines is 1. The number of hydrogen-bond acceptors (Lipinski definition) is 6. The molecule has 0 spiro atoms. The minimum atomic E-state index is 0.541. The third-order valence-corrected chi connectivity index (χ3v) is 5.82. The molecule has 5 rings (SSSR count). The van der Waals surface area contributed by atoms with E-state index in [0.29, 0.717) is 11.7 Å². The summed E-state index contributed by atoms with van der Waals surface area (Å²) < 4.78 is 5.31. The van der Waals surface area contributed by atoms with Crippen molar-refractivity contribution in [3.63, 3.8) is 0 Å². The van der Waals surface area contributed by atoms with Crippen molar-refractivity contribution in [1.82, 2.24) is 25.3 Å². The Labute approximate surface area is 158 Å². The first-order chi connectivity index (χ1) is 13.3. The molecule has 1 N–H and O–H groups in total. The maximum Gasteiger partial charge on any atom is 0.258 e. The van der Waals surface area contributed by atoms with Crippen LogP contribution in [0, 0.1) is 12.8 Å². The molecule has 0 unspecified atom stereocenters. The highest BCUT2D eigenvalue weighted by Gasteiger charge is 2.25. The molecule has 1 aliphatic carbocycles. The van der Waals surface area contributed by atoms with Crippen LogP contribution in [0.15, 0.2) is 22.9 Å². The fourth-order valence-electron chi connectivity index (χ4n) is 4.35. The average Bonchev–Trinajstić information content (AvgIpc) is 3.44. The van der Waals surface area contributed by atoms with Crippen LogP contribution in [0.3, 0.4) is 0 Å². The lowest BCUT2D eigenvalue weighted by Crippen LogP contribution is -2.31. The molecule has 7 heteroatoms. The Kier molecular flexibility index (Phi) is 4.14. The number of pyridine rings is 1. The van der Waals surface area contributed by atoms with Gasteiger partial charge in [0.05, 0.1) is 5.69 Å². The van der Waals surface area contributed by atoms with Crippen molar-refractivity contribution in [1.29, 1.82) is 0 Å². The third kappa shape index (κ3) is 3.22. The van der Waals surface area contributed by atoms with E-state index in [-0.39, 0.29) is 0 Å². The predicted octanol–water partition coefficient (Wildman–Crippen LogP) is 3.46. The number of hydrogen-bond donors (Lipinski definition) is 1. The maximum absolute atomic E-state index is 5.31. The average molecular weight is 364 g/mol. The van der Waals surface area contributed by atoms with Crippen molar-refractivity contribution in [3.8, 4) is 11.5 Å². The van der Waals surface area contributed by atoms with Crippen molar-refractivity contribution in [2.75, 3.05) is 11.4 Å². The van der Waals surface area contributed by atoms with E-state index in [9.17, 15) is 0 Å². The normalized spacial score (nSPS) is 17.4. The van der Waals surface area contributed by atoms with Crippen molar-refractivity contribution in [3.05, 3.63) is 41.1 Å². The first kappa shape index (κ1) is 16.5. The molecule has 0 radical (unpaired) electrons. The minimum Gasteiger partial charge on any atom is -0.352 e. The van der Waals surface area contributed by atoms with E-state index in [2.05, 4.69) is 30.2 Å². The largest absolute Gasteiger partial charge is 0.352 e. The molecule has 4 heterocycles. The molecule has 3 aromatic heterocycles. The van der Waals surface area contributed by atoms with Crippen LogP contribution in [-0.4, -0.2) is 31.9 Å². The lowest BCUT2D eigenvalue weighted by Gasteiger charge is -2.28. The Morgan fingerprint density at radius 1 is 1.30 bits per heavy atom. The van der Waals surface area contributed by atoms with Gasteiger partial charge in [0, 0.05) is 42.5 Å². The lowest BCUT2D eigenvalue weighted by atomic mass is 9.96. The van der Waals surface area contributed by atoms with Crippen LogP contribution in [0.2, 0.25) is 0 Å². The molecule has 3 aromatic rings. The molecule has 2 aliphatic rings. The number of nitrogens with one attached hydrogen (secondary N) is 1. The summed E-state index contributed by atoms with van der Waals surface area (Å²) in [4.78, 5) is 11.2. The van der Waals surface area contributed by atoms with E-state index in [1.807, 2.05) is 25.3 Å². The molecule has 7 nitrogen and oxygen atoms in total. The molecule has 0 aromatic carbocycles. The molecular formula is C20H24N6O. The molecule has 140 valence electrons. The molecule has 0 saturated heterocycles. The van der Waals surface area contributed by atoms with Gasteiger partial charge in [0.2, 0.25) is 0 Å². The predicted molar refractivity (Wildman–Crippen MR) is 101 cm³/mol. The molecule has 1 aliphatic heterocycles.